The van der Waals surface area contributed by atoms with Crippen LogP contribution in [0.25, 0.3) is 0 Å². The highest BCUT2D eigenvalue weighted by molar-refractivity contribution is 5.99. The minimum absolute atomic E-state index is 0.0910. The van der Waals surface area contributed by atoms with Gasteiger partial charge in [-0.25, -0.2) is 0 Å². The second-order valence-corrected chi connectivity index (χ2v) is 3.91. The van der Waals surface area contributed by atoms with Crippen molar-refractivity contribution in [1.29, 1.82) is 0 Å². The molecule has 1 aromatic rings. The number of benzene rings is 1. The summed E-state index contributed by atoms with van der Waals surface area (Å²) in [6.07, 6.45) is 1.05. The van der Waals surface area contributed by atoms with Gasteiger partial charge in [0.25, 0.3) is 0 Å². The molecule has 15 heavy (non-hydrogen) atoms. The summed E-state index contributed by atoms with van der Waals surface area (Å²) in [4.78, 5) is 11.9. The van der Waals surface area contributed by atoms with E-state index in [-0.39, 0.29) is 11.8 Å². The molecule has 0 radical (unpaired) electrons. The Balaban J connectivity index is 2.67. The lowest BCUT2D eigenvalue weighted by Crippen LogP contribution is -2.34. The topological polar surface area (TPSA) is 29.1 Å². The minimum Gasteiger partial charge on any atom is -0.307 e. The van der Waals surface area contributed by atoms with Gasteiger partial charge in [0.1, 0.15) is 0 Å². The Bertz CT molecular complexity index is 333. The smallest absolute Gasteiger partial charge is 0.179 e. The molecule has 0 aliphatic carbocycles. The monoisotopic (exact) mass is 205 g/mol. The molecule has 0 aliphatic rings. The third-order valence-corrected chi connectivity index (χ3v) is 2.40. The summed E-state index contributed by atoms with van der Waals surface area (Å²) in [7, 11) is 0. The van der Waals surface area contributed by atoms with E-state index in [1.165, 1.54) is 0 Å². The van der Waals surface area contributed by atoms with Gasteiger partial charge < -0.3 is 5.32 Å². The molecule has 0 aliphatic heterocycles. The highest BCUT2D eigenvalue weighted by atomic mass is 16.1. The molecule has 0 aromatic heterocycles. The molecule has 0 saturated carbocycles. The summed E-state index contributed by atoms with van der Waals surface area (Å²) < 4.78 is 0. The van der Waals surface area contributed by atoms with Crippen molar-refractivity contribution in [2.75, 3.05) is 6.54 Å². The second-order valence-electron chi connectivity index (χ2n) is 3.91. The number of nitrogens with one attached hydrogen (secondary N) is 1. The van der Waals surface area contributed by atoms with Crippen molar-refractivity contribution >= 4 is 5.78 Å². The lowest BCUT2D eigenvalue weighted by Gasteiger charge is -2.12. The molecule has 0 saturated heterocycles. The Labute approximate surface area is 91.7 Å². The first kappa shape index (κ1) is 11.9. The van der Waals surface area contributed by atoms with Crippen molar-refractivity contribution in [1.82, 2.24) is 5.32 Å². The quantitative estimate of drug-likeness (QED) is 0.748. The zero-order valence-electron chi connectivity index (χ0n) is 9.71. The number of hydrogen-bond acceptors (Lipinski definition) is 2. The predicted octanol–water partition coefficient (Wildman–Crippen LogP) is 2.57. The van der Waals surface area contributed by atoms with Crippen molar-refractivity contribution < 1.29 is 4.79 Å². The Morgan fingerprint density at radius 2 is 2.20 bits per heavy atom. The number of rotatable bonds is 5. The molecule has 1 N–H and O–H groups in total. The average Bonchev–Trinajstić information content (AvgIpc) is 2.24. The Morgan fingerprint density at radius 1 is 1.47 bits per heavy atom. The van der Waals surface area contributed by atoms with Crippen molar-refractivity contribution in [2.45, 2.75) is 33.2 Å². The second kappa shape index (κ2) is 5.66. The lowest BCUT2D eigenvalue weighted by atomic mass is 10.0. The van der Waals surface area contributed by atoms with Gasteiger partial charge in [-0.1, -0.05) is 30.7 Å². The number of carbonyl (C=O) groups excluding carboxylic acids is 1. The van der Waals surface area contributed by atoms with E-state index in [2.05, 4.69) is 12.2 Å². The zero-order chi connectivity index (χ0) is 11.3. The molecule has 1 rings (SSSR count). The molecule has 1 aromatic carbocycles. The van der Waals surface area contributed by atoms with E-state index >= 15 is 0 Å². The van der Waals surface area contributed by atoms with Crippen LogP contribution in [0.5, 0.6) is 0 Å². The predicted molar refractivity (Wildman–Crippen MR) is 63.3 cm³/mol. The number of Topliss-reactive ketones (excluding diaryl/α,β-unsaturated/α-hetero) is 1. The van der Waals surface area contributed by atoms with Gasteiger partial charge in [0.2, 0.25) is 0 Å². The highest BCUT2D eigenvalue weighted by Gasteiger charge is 2.13. The number of carbonyl (C=O) groups is 1. The number of aryl methyl sites for hydroxylation is 1. The van der Waals surface area contributed by atoms with E-state index in [0.29, 0.717) is 0 Å². The molecule has 2 nitrogen and oxygen atoms in total. The molecule has 1 atom stereocenters. The maximum atomic E-state index is 11.9. The fraction of sp³-hybridized carbons (Fsp3) is 0.462. The summed E-state index contributed by atoms with van der Waals surface area (Å²) in [5.41, 5.74) is 1.93. The van der Waals surface area contributed by atoms with Gasteiger partial charge in [-0.15, -0.1) is 0 Å². The molecule has 0 amide bonds. The van der Waals surface area contributed by atoms with Gasteiger partial charge in [-0.05, 0) is 32.9 Å². The summed E-state index contributed by atoms with van der Waals surface area (Å²) in [5, 5.41) is 3.20. The van der Waals surface area contributed by atoms with Crippen molar-refractivity contribution in [3.05, 3.63) is 35.4 Å². The molecule has 0 fully saturated rings. The molecule has 82 valence electrons. The van der Waals surface area contributed by atoms with Crippen molar-refractivity contribution in [3.8, 4) is 0 Å². The maximum absolute atomic E-state index is 11.9. The van der Waals surface area contributed by atoms with Crippen LogP contribution in [0, 0.1) is 6.92 Å². The summed E-state index contributed by atoms with van der Waals surface area (Å²) >= 11 is 0. The largest absolute Gasteiger partial charge is 0.307 e. The lowest BCUT2D eigenvalue weighted by molar-refractivity contribution is 0.0951. The van der Waals surface area contributed by atoms with Crippen LogP contribution < -0.4 is 5.32 Å². The molecule has 1 unspecified atom stereocenters. The average molecular weight is 205 g/mol. The third kappa shape index (κ3) is 3.48. The third-order valence-electron chi connectivity index (χ3n) is 2.40. The van der Waals surface area contributed by atoms with E-state index in [0.717, 1.165) is 24.1 Å². The molecule has 2 heteroatoms. The van der Waals surface area contributed by atoms with Gasteiger partial charge >= 0.3 is 0 Å². The van der Waals surface area contributed by atoms with Crippen LogP contribution in [0.1, 0.15) is 36.2 Å². The Morgan fingerprint density at radius 3 is 2.80 bits per heavy atom. The standard InChI is InChI=1S/C13H19NO/c1-4-8-14-11(3)13(15)12-7-5-6-10(2)9-12/h5-7,9,11,14H,4,8H2,1-3H3. The van der Waals surface area contributed by atoms with E-state index < -0.39 is 0 Å². The zero-order valence-corrected chi connectivity index (χ0v) is 9.71. The molecule has 0 heterocycles. The maximum Gasteiger partial charge on any atom is 0.179 e. The van der Waals surface area contributed by atoms with E-state index in [1.54, 1.807) is 0 Å². The van der Waals surface area contributed by atoms with Crippen LogP contribution in [0.3, 0.4) is 0 Å². The molecular formula is C13H19NO. The summed E-state index contributed by atoms with van der Waals surface area (Å²) in [6, 6.07) is 7.65. The normalized spacial score (nSPS) is 12.5. The number of ketones is 1. The van der Waals surface area contributed by atoms with Gasteiger partial charge in [0.05, 0.1) is 6.04 Å². The van der Waals surface area contributed by atoms with E-state index in [4.69, 9.17) is 0 Å². The summed E-state index contributed by atoms with van der Waals surface area (Å²) in [6.45, 7) is 6.90. The Kier molecular flexibility index (Phi) is 4.50. The first-order valence-corrected chi connectivity index (χ1v) is 5.49. The Hall–Kier alpha value is -1.15. The van der Waals surface area contributed by atoms with Crippen LogP contribution in [-0.4, -0.2) is 18.4 Å². The summed E-state index contributed by atoms with van der Waals surface area (Å²) in [5.74, 6) is 0.173. The van der Waals surface area contributed by atoms with Crippen LogP contribution in [0.4, 0.5) is 0 Å². The van der Waals surface area contributed by atoms with Crippen LogP contribution in [-0.2, 0) is 0 Å². The van der Waals surface area contributed by atoms with Gasteiger partial charge in [0.15, 0.2) is 5.78 Å². The SMILES string of the molecule is CCCNC(C)C(=O)c1cccc(C)c1. The fourth-order valence-electron chi connectivity index (χ4n) is 1.50. The van der Waals surface area contributed by atoms with Crippen LogP contribution in [0.15, 0.2) is 24.3 Å². The highest BCUT2D eigenvalue weighted by Crippen LogP contribution is 2.07. The molecule has 0 bridgehead atoms. The van der Waals surface area contributed by atoms with Gasteiger partial charge in [-0.2, -0.15) is 0 Å². The van der Waals surface area contributed by atoms with Crippen molar-refractivity contribution in [2.24, 2.45) is 0 Å². The fourth-order valence-corrected chi connectivity index (χ4v) is 1.50. The van der Waals surface area contributed by atoms with Crippen LogP contribution >= 0.6 is 0 Å². The van der Waals surface area contributed by atoms with Gasteiger partial charge in [0, 0.05) is 5.56 Å². The minimum atomic E-state index is -0.0910. The van der Waals surface area contributed by atoms with Crippen molar-refractivity contribution in [3.63, 3.8) is 0 Å². The first-order chi connectivity index (χ1) is 7.15. The van der Waals surface area contributed by atoms with Gasteiger partial charge in [-0.3, -0.25) is 4.79 Å². The molecule has 0 spiro atoms. The number of hydrogen-bond donors (Lipinski definition) is 1. The first-order valence-electron chi connectivity index (χ1n) is 5.49. The van der Waals surface area contributed by atoms with Crippen LogP contribution in [0.2, 0.25) is 0 Å². The van der Waals surface area contributed by atoms with E-state index in [9.17, 15) is 4.79 Å². The van der Waals surface area contributed by atoms with E-state index in [1.807, 2.05) is 38.1 Å². The molecular weight excluding hydrogens is 186 g/mol.